The van der Waals surface area contributed by atoms with Crippen molar-refractivity contribution in [2.24, 2.45) is 0 Å². The van der Waals surface area contributed by atoms with Crippen molar-refractivity contribution in [1.29, 1.82) is 0 Å². The van der Waals surface area contributed by atoms with Gasteiger partial charge in [0.2, 0.25) is 17.7 Å². The second-order valence-corrected chi connectivity index (χ2v) is 6.48. The number of rotatable bonds is 4. The van der Waals surface area contributed by atoms with E-state index in [1.54, 1.807) is 12.5 Å². The van der Waals surface area contributed by atoms with Crippen LogP contribution < -0.4 is 0 Å². The number of fused-ring (bicyclic) bond motifs is 1. The number of benzene rings is 1. The number of hydrogen-bond donors (Lipinski definition) is 0. The van der Waals surface area contributed by atoms with Crippen molar-refractivity contribution in [2.75, 3.05) is 6.54 Å². The predicted octanol–water partition coefficient (Wildman–Crippen LogP) is 2.61. The Labute approximate surface area is 151 Å². The van der Waals surface area contributed by atoms with Gasteiger partial charge >= 0.3 is 0 Å². The van der Waals surface area contributed by atoms with Gasteiger partial charge in [0.15, 0.2) is 0 Å². The Morgan fingerprint density at radius 2 is 2.12 bits per heavy atom. The molecule has 3 aromatic rings. The van der Waals surface area contributed by atoms with E-state index in [9.17, 15) is 4.79 Å². The molecule has 0 bridgehead atoms. The molecule has 1 aliphatic rings. The van der Waals surface area contributed by atoms with Crippen LogP contribution >= 0.6 is 0 Å². The Balaban J connectivity index is 1.38. The standard InChI is InChI=1S/C19H19N5O2/c1-13-10-24(11-15-9-20-12-21-18(13)15)17(25)8-7-16-22-23-19(26-16)14-5-3-2-4-6-14/h2-6,9,12-13H,7-8,10-11H2,1H3. The summed E-state index contributed by atoms with van der Waals surface area (Å²) < 4.78 is 5.67. The van der Waals surface area contributed by atoms with Crippen LogP contribution in [0, 0.1) is 0 Å². The maximum atomic E-state index is 12.6. The van der Waals surface area contributed by atoms with Crippen LogP contribution in [0.1, 0.15) is 36.4 Å². The van der Waals surface area contributed by atoms with E-state index in [1.807, 2.05) is 35.2 Å². The highest BCUT2D eigenvalue weighted by atomic mass is 16.4. The first kappa shape index (κ1) is 16.4. The molecular weight excluding hydrogens is 330 g/mol. The molecule has 2 aromatic heterocycles. The molecule has 0 radical (unpaired) electrons. The summed E-state index contributed by atoms with van der Waals surface area (Å²) in [6.07, 6.45) is 4.13. The molecule has 1 atom stereocenters. The molecule has 1 amide bonds. The first-order valence-corrected chi connectivity index (χ1v) is 8.65. The number of aryl methyl sites for hydroxylation is 1. The normalized spacial score (nSPS) is 16.3. The van der Waals surface area contributed by atoms with Gasteiger partial charge in [0, 0.05) is 49.2 Å². The van der Waals surface area contributed by atoms with E-state index in [0.29, 0.717) is 37.7 Å². The molecule has 3 heterocycles. The van der Waals surface area contributed by atoms with Crippen molar-refractivity contribution in [3.05, 3.63) is 60.0 Å². The number of carbonyl (C=O) groups is 1. The molecule has 7 heteroatoms. The number of hydrogen-bond acceptors (Lipinski definition) is 6. The highest BCUT2D eigenvalue weighted by Gasteiger charge is 2.26. The molecule has 0 spiro atoms. The Morgan fingerprint density at radius 3 is 2.96 bits per heavy atom. The Kier molecular flexibility index (Phi) is 4.43. The Bertz CT molecular complexity index is 909. The number of nitrogens with zero attached hydrogens (tertiary/aromatic N) is 5. The average Bonchev–Trinajstić information content (AvgIpc) is 3.16. The second-order valence-electron chi connectivity index (χ2n) is 6.48. The highest BCUT2D eigenvalue weighted by Crippen LogP contribution is 2.26. The van der Waals surface area contributed by atoms with Gasteiger partial charge in [0.05, 0.1) is 5.69 Å². The van der Waals surface area contributed by atoms with Gasteiger partial charge < -0.3 is 9.32 Å². The van der Waals surface area contributed by atoms with Crippen molar-refractivity contribution in [1.82, 2.24) is 25.1 Å². The molecule has 0 saturated heterocycles. The third kappa shape index (κ3) is 3.33. The molecule has 0 N–H and O–H groups in total. The summed E-state index contributed by atoms with van der Waals surface area (Å²) in [5.74, 6) is 1.24. The van der Waals surface area contributed by atoms with Crippen LogP contribution in [0.2, 0.25) is 0 Å². The van der Waals surface area contributed by atoms with Crippen LogP contribution in [-0.4, -0.2) is 37.5 Å². The van der Waals surface area contributed by atoms with E-state index < -0.39 is 0 Å². The summed E-state index contributed by atoms with van der Waals surface area (Å²) in [6.45, 7) is 3.30. The maximum Gasteiger partial charge on any atom is 0.247 e. The van der Waals surface area contributed by atoms with Gasteiger partial charge in [-0.2, -0.15) is 0 Å². The monoisotopic (exact) mass is 349 g/mol. The summed E-state index contributed by atoms with van der Waals surface area (Å²) in [5, 5.41) is 8.11. The zero-order valence-electron chi connectivity index (χ0n) is 14.5. The first-order chi connectivity index (χ1) is 12.7. The fraction of sp³-hybridized carbons (Fsp3) is 0.316. The minimum Gasteiger partial charge on any atom is -0.421 e. The lowest BCUT2D eigenvalue weighted by atomic mass is 9.97. The molecule has 1 aliphatic heterocycles. The Hall–Kier alpha value is -3.09. The topological polar surface area (TPSA) is 85.0 Å². The molecule has 4 rings (SSSR count). The predicted molar refractivity (Wildman–Crippen MR) is 93.9 cm³/mol. The minimum absolute atomic E-state index is 0.0748. The largest absolute Gasteiger partial charge is 0.421 e. The van der Waals surface area contributed by atoms with Crippen molar-refractivity contribution in [3.8, 4) is 11.5 Å². The van der Waals surface area contributed by atoms with Gasteiger partial charge in [-0.15, -0.1) is 10.2 Å². The number of carbonyl (C=O) groups excluding carboxylic acids is 1. The van der Waals surface area contributed by atoms with Crippen molar-refractivity contribution in [2.45, 2.75) is 32.2 Å². The van der Waals surface area contributed by atoms with Gasteiger partial charge in [0.1, 0.15) is 6.33 Å². The molecule has 0 fully saturated rings. The quantitative estimate of drug-likeness (QED) is 0.720. The smallest absolute Gasteiger partial charge is 0.247 e. The zero-order chi connectivity index (χ0) is 17.9. The van der Waals surface area contributed by atoms with Gasteiger partial charge in [-0.1, -0.05) is 25.1 Å². The third-order valence-corrected chi connectivity index (χ3v) is 4.54. The summed E-state index contributed by atoms with van der Waals surface area (Å²) in [5.41, 5.74) is 2.93. The van der Waals surface area contributed by atoms with Gasteiger partial charge in [-0.05, 0) is 12.1 Å². The second kappa shape index (κ2) is 7.03. The summed E-state index contributed by atoms with van der Waals surface area (Å²) >= 11 is 0. The fourth-order valence-electron chi connectivity index (χ4n) is 3.23. The van der Waals surface area contributed by atoms with E-state index in [-0.39, 0.29) is 11.8 Å². The van der Waals surface area contributed by atoms with Crippen LogP contribution in [0.15, 0.2) is 47.3 Å². The van der Waals surface area contributed by atoms with E-state index in [2.05, 4.69) is 27.1 Å². The van der Waals surface area contributed by atoms with Crippen molar-refractivity contribution in [3.63, 3.8) is 0 Å². The molecule has 0 saturated carbocycles. The van der Waals surface area contributed by atoms with E-state index in [1.165, 1.54) is 0 Å². The maximum absolute atomic E-state index is 12.6. The van der Waals surface area contributed by atoms with Crippen LogP contribution in [0.5, 0.6) is 0 Å². The Morgan fingerprint density at radius 1 is 1.27 bits per heavy atom. The summed E-state index contributed by atoms with van der Waals surface area (Å²) in [4.78, 5) is 22.9. The summed E-state index contributed by atoms with van der Waals surface area (Å²) in [6, 6.07) is 9.60. The molecule has 1 aromatic carbocycles. The lowest BCUT2D eigenvalue weighted by Gasteiger charge is -2.31. The van der Waals surface area contributed by atoms with Gasteiger partial charge in [-0.3, -0.25) is 4.79 Å². The molecule has 1 unspecified atom stereocenters. The van der Waals surface area contributed by atoms with Crippen LogP contribution in [-0.2, 0) is 17.8 Å². The molecule has 7 nitrogen and oxygen atoms in total. The van der Waals surface area contributed by atoms with E-state index in [0.717, 1.165) is 16.8 Å². The molecular formula is C19H19N5O2. The third-order valence-electron chi connectivity index (χ3n) is 4.54. The van der Waals surface area contributed by atoms with E-state index >= 15 is 0 Å². The SMILES string of the molecule is CC1CN(C(=O)CCc2nnc(-c3ccccc3)o2)Cc2cncnc21. The van der Waals surface area contributed by atoms with Crippen LogP contribution in [0.4, 0.5) is 0 Å². The average molecular weight is 349 g/mol. The highest BCUT2D eigenvalue weighted by molar-refractivity contribution is 5.76. The lowest BCUT2D eigenvalue weighted by molar-refractivity contribution is -0.132. The van der Waals surface area contributed by atoms with Crippen LogP contribution in [0.3, 0.4) is 0 Å². The fourth-order valence-corrected chi connectivity index (χ4v) is 3.23. The summed E-state index contributed by atoms with van der Waals surface area (Å²) in [7, 11) is 0. The van der Waals surface area contributed by atoms with Gasteiger partial charge in [0.25, 0.3) is 0 Å². The molecule has 26 heavy (non-hydrogen) atoms. The van der Waals surface area contributed by atoms with Crippen molar-refractivity contribution >= 4 is 5.91 Å². The van der Waals surface area contributed by atoms with E-state index in [4.69, 9.17) is 4.42 Å². The lowest BCUT2D eigenvalue weighted by Crippen LogP contribution is -2.38. The molecule has 0 aliphatic carbocycles. The van der Waals surface area contributed by atoms with Gasteiger partial charge in [-0.25, -0.2) is 9.97 Å². The first-order valence-electron chi connectivity index (χ1n) is 8.65. The minimum atomic E-state index is 0.0748. The zero-order valence-corrected chi connectivity index (χ0v) is 14.5. The number of amides is 1. The van der Waals surface area contributed by atoms with Crippen LogP contribution in [0.25, 0.3) is 11.5 Å². The number of aromatic nitrogens is 4. The molecule has 132 valence electrons. The van der Waals surface area contributed by atoms with Crippen molar-refractivity contribution < 1.29 is 9.21 Å².